The fraction of sp³-hybridized carbons (Fsp3) is 0.412. The lowest BCUT2D eigenvalue weighted by molar-refractivity contribution is -0.148. The summed E-state index contributed by atoms with van der Waals surface area (Å²) in [6.07, 6.45) is 1.03. The predicted molar refractivity (Wildman–Crippen MR) is 86.6 cm³/mol. The summed E-state index contributed by atoms with van der Waals surface area (Å²) in [6.45, 7) is 4.19. The van der Waals surface area contributed by atoms with Gasteiger partial charge >= 0.3 is 5.97 Å². The van der Waals surface area contributed by atoms with Gasteiger partial charge in [0.15, 0.2) is 0 Å². The minimum Gasteiger partial charge on any atom is -0.481 e. The second kappa shape index (κ2) is 5.55. The average molecular weight is 333 g/mol. The predicted octanol–water partition coefficient (Wildman–Crippen LogP) is 3.65. The molecule has 2 heterocycles. The number of nitriles is 1. The van der Waals surface area contributed by atoms with Crippen molar-refractivity contribution in [1.29, 1.82) is 5.26 Å². The highest BCUT2D eigenvalue weighted by molar-refractivity contribution is 6.35. The van der Waals surface area contributed by atoms with Crippen molar-refractivity contribution in [2.75, 3.05) is 6.61 Å². The first-order chi connectivity index (χ1) is 10.9. The Bertz CT molecular complexity index is 850. The van der Waals surface area contributed by atoms with E-state index in [1.807, 2.05) is 13.8 Å². The van der Waals surface area contributed by atoms with E-state index >= 15 is 0 Å². The zero-order valence-electron chi connectivity index (χ0n) is 13.0. The highest BCUT2D eigenvalue weighted by Crippen LogP contribution is 2.44. The molecule has 1 unspecified atom stereocenters. The normalized spacial score (nSPS) is 20.3. The van der Waals surface area contributed by atoms with Crippen LogP contribution in [0.2, 0.25) is 5.02 Å². The summed E-state index contributed by atoms with van der Waals surface area (Å²) in [5, 5.41) is 20.2. The highest BCUT2D eigenvalue weighted by Gasteiger charge is 2.41. The zero-order valence-corrected chi connectivity index (χ0v) is 13.8. The van der Waals surface area contributed by atoms with Gasteiger partial charge in [-0.3, -0.25) is 4.79 Å². The van der Waals surface area contributed by atoms with E-state index in [9.17, 15) is 15.2 Å². The summed E-state index contributed by atoms with van der Waals surface area (Å²) >= 11 is 6.36. The number of nitrogens with one attached hydrogen (secondary N) is 1. The average Bonchev–Trinajstić information content (AvgIpc) is 2.89. The lowest BCUT2D eigenvalue weighted by Crippen LogP contribution is -2.37. The van der Waals surface area contributed by atoms with Gasteiger partial charge in [-0.05, 0) is 37.0 Å². The number of aliphatic carboxylic acids is 1. The molecule has 1 aliphatic rings. The molecule has 0 spiro atoms. The number of rotatable bonds is 3. The summed E-state index contributed by atoms with van der Waals surface area (Å²) in [7, 11) is 0. The van der Waals surface area contributed by atoms with Crippen LogP contribution in [0.25, 0.3) is 10.9 Å². The van der Waals surface area contributed by atoms with Gasteiger partial charge in [0.1, 0.15) is 11.7 Å². The third-order valence-electron chi connectivity index (χ3n) is 4.64. The standard InChI is InChI=1S/C17H17ClN2O3/c1-3-17(7-13(21)22)16-10(4-5-23-17)14-11(8-19)9(2)6-12(18)15(14)20-16/h6,20H,3-5,7H2,1-2H3,(H,21,22). The smallest absolute Gasteiger partial charge is 0.306 e. The molecule has 0 bridgehead atoms. The summed E-state index contributed by atoms with van der Waals surface area (Å²) < 4.78 is 5.89. The molecule has 1 aliphatic heterocycles. The summed E-state index contributed by atoms with van der Waals surface area (Å²) in [5.74, 6) is -0.916. The van der Waals surface area contributed by atoms with E-state index in [1.165, 1.54) is 0 Å². The van der Waals surface area contributed by atoms with Gasteiger partial charge in [-0.1, -0.05) is 18.5 Å². The Labute approximate surface area is 138 Å². The molecule has 2 N–H and O–H groups in total. The van der Waals surface area contributed by atoms with Gasteiger partial charge in [0.2, 0.25) is 0 Å². The van der Waals surface area contributed by atoms with Crippen molar-refractivity contribution in [3.05, 3.63) is 33.5 Å². The number of fused-ring (bicyclic) bond motifs is 3. The molecule has 0 aliphatic carbocycles. The maximum atomic E-state index is 11.3. The molecule has 23 heavy (non-hydrogen) atoms. The maximum absolute atomic E-state index is 11.3. The molecule has 1 aromatic heterocycles. The molecule has 0 fully saturated rings. The van der Waals surface area contributed by atoms with Crippen LogP contribution in [0.5, 0.6) is 0 Å². The number of benzene rings is 1. The minimum absolute atomic E-state index is 0.123. The van der Waals surface area contributed by atoms with Crippen molar-refractivity contribution in [2.24, 2.45) is 0 Å². The van der Waals surface area contributed by atoms with Crippen LogP contribution in [0.1, 0.15) is 42.1 Å². The van der Waals surface area contributed by atoms with E-state index in [0.29, 0.717) is 35.6 Å². The van der Waals surface area contributed by atoms with Crippen LogP contribution in [0.3, 0.4) is 0 Å². The number of hydrogen-bond donors (Lipinski definition) is 2. The Morgan fingerprint density at radius 3 is 2.96 bits per heavy atom. The first kappa shape index (κ1) is 15.9. The summed E-state index contributed by atoms with van der Waals surface area (Å²) in [6, 6.07) is 4.01. The van der Waals surface area contributed by atoms with Crippen molar-refractivity contribution < 1.29 is 14.6 Å². The Balaban J connectivity index is 2.37. The topological polar surface area (TPSA) is 86.1 Å². The quantitative estimate of drug-likeness (QED) is 0.898. The van der Waals surface area contributed by atoms with Crippen LogP contribution in [0.15, 0.2) is 6.07 Å². The van der Waals surface area contributed by atoms with Crippen molar-refractivity contribution in [1.82, 2.24) is 4.98 Å². The number of carbonyl (C=O) groups is 1. The first-order valence-corrected chi connectivity index (χ1v) is 7.91. The number of H-pyrrole nitrogens is 1. The Morgan fingerprint density at radius 1 is 1.61 bits per heavy atom. The number of ether oxygens (including phenoxy) is 1. The molecular weight excluding hydrogens is 316 g/mol. The molecule has 0 saturated carbocycles. The minimum atomic E-state index is -0.916. The molecule has 2 aromatic rings. The number of halogens is 1. The lowest BCUT2D eigenvalue weighted by Gasteiger charge is -2.35. The molecule has 6 heteroatoms. The van der Waals surface area contributed by atoms with Crippen LogP contribution in [0, 0.1) is 18.3 Å². The van der Waals surface area contributed by atoms with Crippen molar-refractivity contribution in [3.63, 3.8) is 0 Å². The van der Waals surface area contributed by atoms with E-state index < -0.39 is 11.6 Å². The van der Waals surface area contributed by atoms with Crippen LogP contribution < -0.4 is 0 Å². The van der Waals surface area contributed by atoms with E-state index in [2.05, 4.69) is 11.1 Å². The largest absolute Gasteiger partial charge is 0.481 e. The van der Waals surface area contributed by atoms with Gasteiger partial charge in [-0.25, -0.2) is 0 Å². The first-order valence-electron chi connectivity index (χ1n) is 7.53. The van der Waals surface area contributed by atoms with Crippen molar-refractivity contribution in [2.45, 2.75) is 38.7 Å². The number of hydrogen-bond acceptors (Lipinski definition) is 3. The monoisotopic (exact) mass is 332 g/mol. The second-order valence-electron chi connectivity index (χ2n) is 5.91. The van der Waals surface area contributed by atoms with Crippen molar-refractivity contribution in [3.8, 4) is 6.07 Å². The Hall–Kier alpha value is -2.03. The molecular formula is C17H17ClN2O3. The number of aryl methyl sites for hydroxylation is 1. The van der Waals surface area contributed by atoms with Gasteiger partial charge in [0.05, 0.1) is 34.8 Å². The maximum Gasteiger partial charge on any atom is 0.306 e. The third-order valence-corrected chi connectivity index (χ3v) is 4.93. The zero-order chi connectivity index (χ0) is 16.8. The van der Waals surface area contributed by atoms with Gasteiger partial charge in [0, 0.05) is 5.39 Å². The highest BCUT2D eigenvalue weighted by atomic mass is 35.5. The number of aromatic nitrogens is 1. The second-order valence-corrected chi connectivity index (χ2v) is 6.31. The number of aromatic amines is 1. The molecule has 1 aromatic carbocycles. The molecule has 120 valence electrons. The number of carboxylic acids is 1. The summed E-state index contributed by atoms with van der Waals surface area (Å²) in [4.78, 5) is 14.6. The van der Waals surface area contributed by atoms with Gasteiger partial charge in [-0.2, -0.15) is 5.26 Å². The Kier molecular flexibility index (Phi) is 3.83. The van der Waals surface area contributed by atoms with Crippen molar-refractivity contribution >= 4 is 28.5 Å². The Morgan fingerprint density at radius 2 is 2.35 bits per heavy atom. The van der Waals surface area contributed by atoms with E-state index in [-0.39, 0.29) is 6.42 Å². The van der Waals surface area contributed by atoms with Crippen LogP contribution in [-0.2, 0) is 21.6 Å². The van der Waals surface area contributed by atoms with Gasteiger partial charge in [0.25, 0.3) is 0 Å². The van der Waals surface area contributed by atoms with Crippen LogP contribution >= 0.6 is 11.6 Å². The number of nitrogens with zero attached hydrogens (tertiary/aromatic N) is 1. The fourth-order valence-electron chi connectivity index (χ4n) is 3.52. The van der Waals surface area contributed by atoms with E-state index in [0.717, 1.165) is 22.2 Å². The molecule has 3 rings (SSSR count). The van der Waals surface area contributed by atoms with E-state index in [4.69, 9.17) is 16.3 Å². The van der Waals surface area contributed by atoms with Crippen LogP contribution in [0.4, 0.5) is 0 Å². The molecule has 0 amide bonds. The van der Waals surface area contributed by atoms with E-state index in [1.54, 1.807) is 6.07 Å². The third kappa shape index (κ3) is 2.30. The molecule has 5 nitrogen and oxygen atoms in total. The van der Waals surface area contributed by atoms with Gasteiger partial charge in [-0.15, -0.1) is 0 Å². The lowest BCUT2D eigenvalue weighted by atomic mass is 9.85. The molecule has 1 atom stereocenters. The fourth-order valence-corrected chi connectivity index (χ4v) is 3.82. The molecule has 0 saturated heterocycles. The summed E-state index contributed by atoms with van der Waals surface area (Å²) in [5.41, 5.74) is 2.89. The number of carboxylic acid groups (broad SMARTS) is 1. The SMILES string of the molecule is CCC1(CC(=O)O)OCCc2c1[nH]c1c(Cl)cc(C)c(C#N)c21. The molecule has 0 radical (unpaired) electrons. The van der Waals surface area contributed by atoms with Crippen LogP contribution in [-0.4, -0.2) is 22.7 Å². The van der Waals surface area contributed by atoms with Gasteiger partial charge < -0.3 is 14.8 Å².